The third-order valence-electron chi connectivity index (χ3n) is 5.57. The Morgan fingerprint density at radius 2 is 1.81 bits per heavy atom. The number of hydrogen-bond donors (Lipinski definition) is 2. The van der Waals surface area contributed by atoms with Crippen LogP contribution < -0.4 is 5.32 Å². The maximum Gasteiger partial charge on any atom is 0.253 e. The van der Waals surface area contributed by atoms with Crippen molar-refractivity contribution < 1.29 is 21.6 Å². The van der Waals surface area contributed by atoms with Crippen molar-refractivity contribution in [3.8, 4) is 0 Å². The van der Waals surface area contributed by atoms with Gasteiger partial charge in [-0.1, -0.05) is 12.1 Å². The molecule has 0 bridgehead atoms. The molecule has 32 heavy (non-hydrogen) atoms. The first-order valence-electron chi connectivity index (χ1n) is 10.00. The zero-order valence-electron chi connectivity index (χ0n) is 17.4. The van der Waals surface area contributed by atoms with Crippen LogP contribution in [0.4, 0.5) is 0 Å². The number of carbonyl (C=O) groups is 1. The highest BCUT2D eigenvalue weighted by Crippen LogP contribution is 2.25. The molecule has 2 aromatic heterocycles. The van der Waals surface area contributed by atoms with Gasteiger partial charge in [-0.25, -0.2) is 26.1 Å². The number of fused-ring (bicyclic) bond motifs is 1. The maximum atomic E-state index is 12.9. The van der Waals surface area contributed by atoms with Gasteiger partial charge in [0.2, 0.25) is 10.0 Å². The maximum absolute atomic E-state index is 12.9. The van der Waals surface area contributed by atoms with Crippen LogP contribution in [0.2, 0.25) is 0 Å². The van der Waals surface area contributed by atoms with Gasteiger partial charge in [0.1, 0.15) is 0 Å². The molecule has 1 saturated heterocycles. The average Bonchev–Trinajstić information content (AvgIpc) is 3.25. The van der Waals surface area contributed by atoms with E-state index in [1.165, 1.54) is 22.6 Å². The second-order valence-corrected chi connectivity index (χ2v) is 12.0. The Morgan fingerprint density at radius 3 is 2.47 bits per heavy atom. The third kappa shape index (κ3) is 4.66. The molecule has 1 aromatic carbocycles. The van der Waals surface area contributed by atoms with Crippen molar-refractivity contribution in [2.75, 3.05) is 19.3 Å². The summed E-state index contributed by atoms with van der Waals surface area (Å²) in [5, 5.41) is 9.50. The molecule has 0 atom stereocenters. The fraction of sp³-hybridized carbons (Fsp3) is 0.350. The van der Waals surface area contributed by atoms with Crippen LogP contribution >= 0.6 is 0 Å². The number of pyridine rings is 1. The first-order valence-corrected chi connectivity index (χ1v) is 13.4. The molecule has 1 aliphatic heterocycles. The standard InChI is InChI=1S/C20H23N5O5S2/c1-31(27,28)25-8-6-18(7-9-25)32(29,30)17-4-2-14(3-5-17)11-22-20(26)16-10-15-13-23-24-19(15)21-12-16/h2-5,10,12-13,18H,6-9,11H2,1H3,(H,22,26)(H,21,23,24). The molecule has 1 aliphatic rings. The van der Waals surface area contributed by atoms with Crippen LogP contribution in [-0.2, 0) is 26.4 Å². The van der Waals surface area contributed by atoms with Gasteiger partial charge < -0.3 is 5.32 Å². The molecule has 12 heteroatoms. The summed E-state index contributed by atoms with van der Waals surface area (Å²) in [6, 6.07) is 8.07. The number of sulfonamides is 1. The topological polar surface area (TPSA) is 142 Å². The zero-order chi connectivity index (χ0) is 22.9. The Labute approximate surface area is 186 Å². The molecule has 3 heterocycles. The summed E-state index contributed by atoms with van der Waals surface area (Å²) < 4.78 is 50.5. The van der Waals surface area contributed by atoms with Crippen molar-refractivity contribution in [2.24, 2.45) is 0 Å². The minimum atomic E-state index is -3.56. The number of hydrogen-bond acceptors (Lipinski definition) is 7. The van der Waals surface area contributed by atoms with E-state index < -0.39 is 25.1 Å². The van der Waals surface area contributed by atoms with Gasteiger partial charge in [0, 0.05) is 31.2 Å². The number of aromatic amines is 1. The quantitative estimate of drug-likeness (QED) is 0.541. The van der Waals surface area contributed by atoms with Crippen LogP contribution in [0, 0.1) is 0 Å². The Hall–Kier alpha value is -2.83. The van der Waals surface area contributed by atoms with Crippen molar-refractivity contribution in [1.29, 1.82) is 0 Å². The second kappa shape index (κ2) is 8.60. The Bertz CT molecular complexity index is 1340. The smallest absolute Gasteiger partial charge is 0.253 e. The lowest BCUT2D eigenvalue weighted by Gasteiger charge is -2.29. The Kier molecular flexibility index (Phi) is 6.01. The Morgan fingerprint density at radius 1 is 1.12 bits per heavy atom. The van der Waals surface area contributed by atoms with Gasteiger partial charge in [0.25, 0.3) is 5.91 Å². The summed E-state index contributed by atoms with van der Waals surface area (Å²) >= 11 is 0. The summed E-state index contributed by atoms with van der Waals surface area (Å²) in [6.45, 7) is 0.633. The molecular weight excluding hydrogens is 454 g/mol. The third-order valence-corrected chi connectivity index (χ3v) is 9.15. The Balaban J connectivity index is 1.37. The molecule has 4 rings (SSSR count). The lowest BCUT2D eigenvalue weighted by molar-refractivity contribution is 0.0950. The molecule has 0 radical (unpaired) electrons. The highest BCUT2D eigenvalue weighted by atomic mass is 32.2. The van der Waals surface area contributed by atoms with Crippen molar-refractivity contribution >= 4 is 36.8 Å². The number of nitrogens with zero attached hydrogens (tertiary/aromatic N) is 3. The van der Waals surface area contributed by atoms with Crippen LogP contribution in [0.15, 0.2) is 47.6 Å². The van der Waals surface area contributed by atoms with E-state index in [0.29, 0.717) is 11.2 Å². The number of benzene rings is 1. The number of nitrogens with one attached hydrogen (secondary N) is 2. The van der Waals surface area contributed by atoms with Gasteiger partial charge in [-0.3, -0.25) is 9.89 Å². The summed E-state index contributed by atoms with van der Waals surface area (Å²) in [5.41, 5.74) is 1.75. The highest BCUT2D eigenvalue weighted by Gasteiger charge is 2.33. The molecule has 1 fully saturated rings. The highest BCUT2D eigenvalue weighted by molar-refractivity contribution is 7.92. The summed E-state index contributed by atoms with van der Waals surface area (Å²) in [4.78, 5) is 16.7. The largest absolute Gasteiger partial charge is 0.348 e. The number of aromatic nitrogens is 3. The van der Waals surface area contributed by atoms with Crippen LogP contribution in [-0.4, -0.2) is 66.8 Å². The first kappa shape index (κ1) is 22.4. The lowest BCUT2D eigenvalue weighted by atomic mass is 10.2. The SMILES string of the molecule is CS(=O)(=O)N1CCC(S(=O)(=O)c2ccc(CNC(=O)c3cnc4[nH]ncc4c3)cc2)CC1. The molecule has 0 aliphatic carbocycles. The monoisotopic (exact) mass is 477 g/mol. The molecular formula is C20H23N5O5S2. The predicted octanol–water partition coefficient (Wildman–Crippen LogP) is 1.09. The number of H-pyrrole nitrogens is 1. The van der Waals surface area contributed by atoms with E-state index in [4.69, 9.17) is 0 Å². The average molecular weight is 478 g/mol. The van der Waals surface area contributed by atoms with Crippen molar-refractivity contribution in [2.45, 2.75) is 29.5 Å². The molecule has 0 unspecified atom stereocenters. The number of amides is 1. The number of rotatable bonds is 6. The fourth-order valence-electron chi connectivity index (χ4n) is 3.71. The predicted molar refractivity (Wildman–Crippen MR) is 118 cm³/mol. The number of sulfone groups is 1. The van der Waals surface area contributed by atoms with Crippen molar-refractivity contribution in [3.63, 3.8) is 0 Å². The van der Waals surface area contributed by atoms with Gasteiger partial charge in [-0.2, -0.15) is 5.10 Å². The second-order valence-electron chi connectivity index (χ2n) is 7.76. The fourth-order valence-corrected chi connectivity index (χ4v) is 6.31. The van der Waals surface area contributed by atoms with Crippen LogP contribution in [0.25, 0.3) is 11.0 Å². The summed E-state index contributed by atoms with van der Waals surface area (Å²) in [5.74, 6) is -0.296. The van der Waals surface area contributed by atoms with Crippen LogP contribution in [0.1, 0.15) is 28.8 Å². The van der Waals surface area contributed by atoms with Gasteiger partial charge in [0.05, 0.1) is 28.2 Å². The summed E-state index contributed by atoms with van der Waals surface area (Å²) in [7, 11) is -6.87. The van der Waals surface area contributed by atoms with Gasteiger partial charge >= 0.3 is 0 Å². The van der Waals surface area contributed by atoms with Gasteiger partial charge in [0.15, 0.2) is 15.5 Å². The van der Waals surface area contributed by atoms with E-state index in [9.17, 15) is 21.6 Å². The minimum absolute atomic E-state index is 0.194. The first-order chi connectivity index (χ1) is 15.1. The number of carbonyl (C=O) groups excluding carboxylic acids is 1. The van der Waals surface area contributed by atoms with E-state index in [0.717, 1.165) is 17.2 Å². The molecule has 0 spiro atoms. The normalized spacial score (nSPS) is 16.3. The number of piperidine rings is 1. The van der Waals surface area contributed by atoms with Gasteiger partial charge in [-0.15, -0.1) is 0 Å². The molecule has 2 N–H and O–H groups in total. The van der Waals surface area contributed by atoms with Gasteiger partial charge in [-0.05, 0) is 36.6 Å². The van der Waals surface area contributed by atoms with E-state index in [1.807, 2.05) is 0 Å². The molecule has 0 saturated carbocycles. The van der Waals surface area contributed by atoms with E-state index >= 15 is 0 Å². The lowest BCUT2D eigenvalue weighted by Crippen LogP contribution is -2.41. The van der Waals surface area contributed by atoms with E-state index in [1.54, 1.807) is 24.4 Å². The van der Waals surface area contributed by atoms with E-state index in [-0.39, 0.29) is 43.3 Å². The van der Waals surface area contributed by atoms with Crippen molar-refractivity contribution in [1.82, 2.24) is 24.8 Å². The van der Waals surface area contributed by atoms with E-state index in [2.05, 4.69) is 20.5 Å². The van der Waals surface area contributed by atoms with Crippen LogP contribution in [0.5, 0.6) is 0 Å². The van der Waals surface area contributed by atoms with Crippen LogP contribution in [0.3, 0.4) is 0 Å². The molecule has 170 valence electrons. The molecule has 10 nitrogen and oxygen atoms in total. The summed E-state index contributed by atoms with van der Waals surface area (Å²) in [6.07, 6.45) is 4.71. The minimum Gasteiger partial charge on any atom is -0.348 e. The molecule has 3 aromatic rings. The van der Waals surface area contributed by atoms with Crippen molar-refractivity contribution in [3.05, 3.63) is 53.9 Å². The zero-order valence-corrected chi connectivity index (χ0v) is 19.0. The molecule has 1 amide bonds.